The first-order valence-corrected chi connectivity index (χ1v) is 8.70. The Hall–Kier alpha value is -3.05. The summed E-state index contributed by atoms with van der Waals surface area (Å²) in [5.41, 5.74) is 5.84. The van der Waals surface area contributed by atoms with E-state index >= 15 is 0 Å². The van der Waals surface area contributed by atoms with E-state index in [1.54, 1.807) is 12.2 Å². The molecule has 1 aliphatic carbocycles. The lowest BCUT2D eigenvalue weighted by atomic mass is 10.0. The van der Waals surface area contributed by atoms with E-state index < -0.39 is 11.8 Å². The summed E-state index contributed by atoms with van der Waals surface area (Å²) >= 11 is 5.07. The molecule has 0 atom stereocenters. The third kappa shape index (κ3) is 2.66. The fourth-order valence-electron chi connectivity index (χ4n) is 3.41. The van der Waals surface area contributed by atoms with Crippen molar-refractivity contribution < 1.29 is 9.59 Å². The Morgan fingerprint density at radius 1 is 1.12 bits per heavy atom. The molecule has 1 fully saturated rings. The summed E-state index contributed by atoms with van der Waals surface area (Å²) in [6, 6.07) is 14.3. The van der Waals surface area contributed by atoms with Crippen LogP contribution in [0.15, 0.2) is 60.7 Å². The molecular formula is C21H16N2O2S. The number of nitrogens with zero attached hydrogens (tertiary/aromatic N) is 1. The van der Waals surface area contributed by atoms with Crippen LogP contribution in [0.4, 0.5) is 0 Å². The van der Waals surface area contributed by atoms with Gasteiger partial charge in [-0.15, -0.1) is 6.58 Å². The smallest absolute Gasteiger partial charge is 0.265 e. The highest BCUT2D eigenvalue weighted by Gasteiger charge is 2.32. The molecule has 4 rings (SSSR count). The van der Waals surface area contributed by atoms with Crippen LogP contribution in [0.5, 0.6) is 0 Å². The van der Waals surface area contributed by atoms with Crippen LogP contribution in [-0.4, -0.2) is 28.4 Å². The summed E-state index contributed by atoms with van der Waals surface area (Å²) in [5, 5.41) is 2.68. The van der Waals surface area contributed by atoms with Crippen LogP contribution in [0.2, 0.25) is 0 Å². The van der Waals surface area contributed by atoms with E-state index in [-0.39, 0.29) is 17.2 Å². The molecule has 2 aromatic carbocycles. The summed E-state index contributed by atoms with van der Waals surface area (Å²) in [7, 11) is 0. The lowest BCUT2D eigenvalue weighted by Crippen LogP contribution is -2.53. The van der Waals surface area contributed by atoms with Crippen LogP contribution in [0.1, 0.15) is 16.7 Å². The van der Waals surface area contributed by atoms with Crippen molar-refractivity contribution >= 4 is 35.2 Å². The van der Waals surface area contributed by atoms with Gasteiger partial charge in [-0.05, 0) is 52.5 Å². The zero-order chi connectivity index (χ0) is 18.3. The highest BCUT2D eigenvalue weighted by molar-refractivity contribution is 7.80. The molecule has 0 bridgehead atoms. The lowest BCUT2D eigenvalue weighted by molar-refractivity contribution is -0.128. The van der Waals surface area contributed by atoms with Gasteiger partial charge in [0.2, 0.25) is 0 Å². The molecule has 1 aliphatic heterocycles. The van der Waals surface area contributed by atoms with E-state index in [9.17, 15) is 9.59 Å². The second-order valence-corrected chi connectivity index (χ2v) is 6.66. The summed E-state index contributed by atoms with van der Waals surface area (Å²) in [5.74, 6) is -0.869. The highest BCUT2D eigenvalue weighted by Crippen LogP contribution is 2.37. The molecule has 2 amide bonds. The van der Waals surface area contributed by atoms with Gasteiger partial charge in [0.1, 0.15) is 5.57 Å². The summed E-state index contributed by atoms with van der Waals surface area (Å²) in [6.07, 6.45) is 4.06. The highest BCUT2D eigenvalue weighted by atomic mass is 32.1. The van der Waals surface area contributed by atoms with Gasteiger partial charge in [0.25, 0.3) is 11.8 Å². The van der Waals surface area contributed by atoms with Crippen molar-refractivity contribution in [3.63, 3.8) is 0 Å². The molecule has 128 valence electrons. The predicted octanol–water partition coefficient (Wildman–Crippen LogP) is 3.07. The van der Waals surface area contributed by atoms with Crippen molar-refractivity contribution in [3.05, 3.63) is 77.4 Å². The maximum absolute atomic E-state index is 12.6. The van der Waals surface area contributed by atoms with Gasteiger partial charge in [-0.1, -0.05) is 48.5 Å². The Kier molecular flexibility index (Phi) is 4.01. The number of amides is 2. The van der Waals surface area contributed by atoms with E-state index in [4.69, 9.17) is 12.2 Å². The molecule has 4 nitrogen and oxygen atoms in total. The SMILES string of the molecule is C=CCN1C(=O)/C(=C\c2ccc3c(c2)Cc2ccccc2-3)C(=O)NC1=S. The van der Waals surface area contributed by atoms with Crippen LogP contribution in [-0.2, 0) is 16.0 Å². The van der Waals surface area contributed by atoms with Gasteiger partial charge in [0.05, 0.1) is 0 Å². The maximum atomic E-state index is 12.6. The van der Waals surface area contributed by atoms with Gasteiger partial charge in [0.15, 0.2) is 5.11 Å². The minimum atomic E-state index is -0.468. The number of nitrogens with one attached hydrogen (secondary N) is 1. The molecule has 0 radical (unpaired) electrons. The molecule has 1 N–H and O–H groups in total. The van der Waals surface area contributed by atoms with Crippen LogP contribution in [0.25, 0.3) is 17.2 Å². The normalized spacial score (nSPS) is 17.2. The topological polar surface area (TPSA) is 49.4 Å². The van der Waals surface area contributed by atoms with Gasteiger partial charge in [-0.2, -0.15) is 0 Å². The zero-order valence-electron chi connectivity index (χ0n) is 14.0. The third-order valence-electron chi connectivity index (χ3n) is 4.63. The van der Waals surface area contributed by atoms with Gasteiger partial charge in [-0.25, -0.2) is 0 Å². The lowest BCUT2D eigenvalue weighted by Gasteiger charge is -2.27. The van der Waals surface area contributed by atoms with E-state index in [1.165, 1.54) is 27.2 Å². The van der Waals surface area contributed by atoms with Crippen LogP contribution in [0, 0.1) is 0 Å². The molecule has 2 aromatic rings. The molecule has 0 aromatic heterocycles. The molecular weight excluding hydrogens is 344 g/mol. The molecule has 26 heavy (non-hydrogen) atoms. The third-order valence-corrected chi connectivity index (χ3v) is 4.95. The monoisotopic (exact) mass is 360 g/mol. The Morgan fingerprint density at radius 2 is 1.88 bits per heavy atom. The standard InChI is InChI=1S/C21H16N2O2S/c1-2-9-23-20(25)18(19(24)22-21(23)26)11-13-7-8-17-15(10-13)12-14-5-3-4-6-16(14)17/h2-8,10-11H,1,9,12H2,(H,22,24,26)/b18-11-. The Labute approximate surface area is 156 Å². The van der Waals surface area contributed by atoms with E-state index in [0.29, 0.717) is 0 Å². The second kappa shape index (κ2) is 6.35. The van der Waals surface area contributed by atoms with Crippen molar-refractivity contribution in [2.24, 2.45) is 0 Å². The molecule has 0 unspecified atom stereocenters. The first-order valence-electron chi connectivity index (χ1n) is 8.29. The van der Waals surface area contributed by atoms with Crippen molar-refractivity contribution in [2.45, 2.75) is 6.42 Å². The molecule has 0 spiro atoms. The second-order valence-electron chi connectivity index (χ2n) is 6.27. The van der Waals surface area contributed by atoms with Gasteiger partial charge < -0.3 is 0 Å². The van der Waals surface area contributed by atoms with Crippen LogP contribution < -0.4 is 5.32 Å². The zero-order valence-corrected chi connectivity index (χ0v) is 14.8. The number of carbonyl (C=O) groups is 2. The van der Waals surface area contributed by atoms with Crippen LogP contribution in [0.3, 0.4) is 0 Å². The summed E-state index contributed by atoms with van der Waals surface area (Å²) < 4.78 is 0. The first kappa shape index (κ1) is 16.4. The minimum absolute atomic E-state index is 0.0795. The molecule has 0 saturated carbocycles. The number of hydrogen-bond donors (Lipinski definition) is 1. The van der Waals surface area contributed by atoms with Crippen molar-refractivity contribution in [1.82, 2.24) is 10.2 Å². The van der Waals surface area contributed by atoms with Crippen molar-refractivity contribution in [3.8, 4) is 11.1 Å². The number of fused-ring (bicyclic) bond motifs is 3. The fourth-order valence-corrected chi connectivity index (χ4v) is 3.66. The number of hydrogen-bond acceptors (Lipinski definition) is 3. The van der Waals surface area contributed by atoms with Gasteiger partial charge in [-0.3, -0.25) is 19.8 Å². The quantitative estimate of drug-likeness (QED) is 0.338. The predicted molar refractivity (Wildman–Crippen MR) is 105 cm³/mol. The Balaban J connectivity index is 1.69. The number of benzene rings is 2. The van der Waals surface area contributed by atoms with Gasteiger partial charge in [0, 0.05) is 6.54 Å². The number of carbonyl (C=O) groups excluding carboxylic acids is 2. The molecule has 2 aliphatic rings. The van der Waals surface area contributed by atoms with E-state index in [2.05, 4.69) is 24.0 Å². The number of rotatable bonds is 3. The average Bonchev–Trinajstić information content (AvgIpc) is 3.00. The largest absolute Gasteiger partial charge is 0.298 e. The van der Waals surface area contributed by atoms with E-state index in [1.807, 2.05) is 30.3 Å². The average molecular weight is 360 g/mol. The van der Waals surface area contributed by atoms with Crippen molar-refractivity contribution in [2.75, 3.05) is 6.54 Å². The molecule has 5 heteroatoms. The van der Waals surface area contributed by atoms with Gasteiger partial charge >= 0.3 is 0 Å². The molecule has 1 heterocycles. The summed E-state index contributed by atoms with van der Waals surface area (Å²) in [4.78, 5) is 26.2. The fraction of sp³-hybridized carbons (Fsp3) is 0.0952. The summed E-state index contributed by atoms with van der Waals surface area (Å²) in [6.45, 7) is 3.88. The van der Waals surface area contributed by atoms with E-state index in [0.717, 1.165) is 12.0 Å². The minimum Gasteiger partial charge on any atom is -0.298 e. The van der Waals surface area contributed by atoms with Crippen molar-refractivity contribution in [1.29, 1.82) is 0 Å². The first-order chi connectivity index (χ1) is 12.6. The Morgan fingerprint density at radius 3 is 2.69 bits per heavy atom. The maximum Gasteiger partial charge on any atom is 0.265 e. The molecule has 1 saturated heterocycles. The number of thiocarbonyl (C=S) groups is 1. The van der Waals surface area contributed by atoms with Crippen LogP contribution >= 0.6 is 12.2 Å². The Bertz CT molecular complexity index is 1010.